The minimum atomic E-state index is -3.00. The van der Waals surface area contributed by atoms with Crippen LogP contribution >= 0.6 is 0 Å². The Morgan fingerprint density at radius 1 is 0.586 bits per heavy atom. The minimum Gasteiger partial charge on any atom is -0.374 e. The number of morpholine rings is 2. The van der Waals surface area contributed by atoms with Crippen LogP contribution in [-0.2, 0) is 52.2 Å². The third-order valence-electron chi connectivity index (χ3n) is 28.4. The first-order valence-electron chi connectivity index (χ1n) is 44.6. The van der Waals surface area contributed by atoms with Crippen LogP contribution in [-0.4, -0.2) is 227 Å². The fraction of sp³-hybridized carbons (Fsp3) is 0.533. The number of imidazole rings is 2. The maximum absolute atomic E-state index is 15.1. The third-order valence-corrected chi connectivity index (χ3v) is 28.4. The fourth-order valence-electron chi connectivity index (χ4n) is 22.1. The zero-order valence-electron chi connectivity index (χ0n) is 71.3. The summed E-state index contributed by atoms with van der Waals surface area (Å²) in [5, 5.41) is 28.0. The lowest BCUT2D eigenvalue weighted by Gasteiger charge is -2.50. The zero-order valence-corrected chi connectivity index (χ0v) is 71.3. The van der Waals surface area contributed by atoms with Crippen molar-refractivity contribution in [3.05, 3.63) is 140 Å². The number of hydrogen-bond donors (Lipinski definition) is 4. The van der Waals surface area contributed by atoms with E-state index in [2.05, 4.69) is 98.8 Å². The van der Waals surface area contributed by atoms with Crippen molar-refractivity contribution in [3.63, 3.8) is 0 Å². The summed E-state index contributed by atoms with van der Waals surface area (Å²) in [5.74, 6) is 11.6. The van der Waals surface area contributed by atoms with Gasteiger partial charge in [0.05, 0.1) is 118 Å². The quantitative estimate of drug-likeness (QED) is 0.0299. The molecule has 4 bridgehead atoms. The van der Waals surface area contributed by atoms with Crippen LogP contribution in [0.1, 0.15) is 197 Å². The highest BCUT2D eigenvalue weighted by atomic mass is 19.3. The van der Waals surface area contributed by atoms with Gasteiger partial charge in [-0.15, -0.1) is 0 Å². The summed E-state index contributed by atoms with van der Waals surface area (Å²) in [6.45, 7) is 10.2. The average molecular weight is 1760 g/mol. The molecular formula is C90H100F4N22O12. The fourth-order valence-corrected chi connectivity index (χ4v) is 22.1. The van der Waals surface area contributed by atoms with Crippen LogP contribution in [0.5, 0.6) is 0 Å². The molecule has 670 valence electrons. The number of carbonyl (C=O) groups excluding carboxylic acids is 6. The Bertz CT molecular complexity index is 6300. The number of rotatable bonds is 21. The molecule has 10 fully saturated rings. The predicted molar refractivity (Wildman–Crippen MR) is 458 cm³/mol. The molecule has 8 aromatic heterocycles. The molecule has 20 rings (SSSR count). The normalized spacial score (nSPS) is 27.2. The van der Waals surface area contributed by atoms with Crippen molar-refractivity contribution >= 4 is 91.8 Å². The SMILES string of the molecule is C[C@H]1CN(CC2CCC(n3cc(NC(=O)c4cnn5ccc(N6C[C@H]7C[C@@H]6C(C(C6CCC(n8cc(NC(=O)c9cnn%10ccc(N%11C[C@H]%12C[C@@H]%11CO%12)nc9%10)c(C(F)F)n8)CC6)N6CC[C@@H](OCC#Cc8cccc9c8n(C)c(=O)n9C8CCC(=O)NC8=O)[C@@H](C)C6)O7)nc45)c(C(F)F)n3)CC2)CC[C@@H]1OCC#Cc1cccc2c1n(C)c(=O)n2C1CCC(=O)NC1=O. The zero-order chi connectivity index (χ0) is 88.2. The Balaban J connectivity index is 0.489. The molecule has 10 aromatic rings. The molecule has 128 heavy (non-hydrogen) atoms. The first-order valence-corrected chi connectivity index (χ1v) is 44.6. The Morgan fingerprint density at radius 2 is 1.10 bits per heavy atom. The highest BCUT2D eigenvalue weighted by Crippen LogP contribution is 2.47. The monoisotopic (exact) mass is 1760 g/mol. The number of ether oxygens (including phenoxy) is 4. The number of benzene rings is 2. The molecule has 2 aromatic carbocycles. The topological polar surface area (TPSA) is 350 Å². The van der Waals surface area contributed by atoms with E-state index in [1.54, 1.807) is 60.1 Å². The number of imide groups is 2. The van der Waals surface area contributed by atoms with E-state index in [0.717, 1.165) is 45.3 Å². The molecule has 16 heterocycles. The Hall–Kier alpha value is -11.9. The van der Waals surface area contributed by atoms with Gasteiger partial charge in [-0.25, -0.2) is 46.1 Å². The number of amides is 6. The maximum Gasteiger partial charge on any atom is 0.329 e. The molecule has 0 radical (unpaired) electrons. The number of likely N-dealkylation sites (tertiary alicyclic amines) is 2. The van der Waals surface area contributed by atoms with Gasteiger partial charge in [0.1, 0.15) is 48.1 Å². The number of hydrogen-bond acceptors (Lipinski definition) is 22. The summed E-state index contributed by atoms with van der Waals surface area (Å²) < 4.78 is 98.4. The molecule has 0 spiro atoms. The first-order chi connectivity index (χ1) is 62.0. The molecule has 34 nitrogen and oxygen atoms in total. The van der Waals surface area contributed by atoms with Crippen LogP contribution in [0.3, 0.4) is 0 Å². The number of piperidine rings is 4. The molecule has 6 amide bonds. The van der Waals surface area contributed by atoms with E-state index in [-0.39, 0.29) is 169 Å². The number of para-hydroxylation sites is 2. The number of aromatic nitrogens is 14. The lowest BCUT2D eigenvalue weighted by Crippen LogP contribution is -2.60. The van der Waals surface area contributed by atoms with Crippen LogP contribution in [0.4, 0.5) is 40.6 Å². The molecule has 8 saturated heterocycles. The highest BCUT2D eigenvalue weighted by molar-refractivity contribution is 6.09. The average Bonchev–Trinajstić information content (AvgIpc) is 1.60. The lowest BCUT2D eigenvalue weighted by atomic mass is 9.77. The second-order valence-electron chi connectivity index (χ2n) is 36.3. The van der Waals surface area contributed by atoms with E-state index >= 15 is 17.6 Å². The molecule has 38 heteroatoms. The van der Waals surface area contributed by atoms with Gasteiger partial charge in [0.25, 0.3) is 24.7 Å². The number of anilines is 4. The Labute approximate surface area is 731 Å². The van der Waals surface area contributed by atoms with Gasteiger partial charge >= 0.3 is 11.4 Å². The number of halogens is 4. The van der Waals surface area contributed by atoms with Gasteiger partial charge in [0.15, 0.2) is 22.7 Å². The summed E-state index contributed by atoms with van der Waals surface area (Å²) in [6, 6.07) is 12.2. The van der Waals surface area contributed by atoms with Gasteiger partial charge in [0, 0.05) is 104 Å². The van der Waals surface area contributed by atoms with Gasteiger partial charge in [-0.2, -0.15) is 20.4 Å². The molecule has 4 unspecified atom stereocenters. The maximum atomic E-state index is 15.1. The van der Waals surface area contributed by atoms with E-state index < -0.39 is 65.6 Å². The van der Waals surface area contributed by atoms with E-state index in [1.165, 1.54) is 52.1 Å². The number of aryl methyl sites for hydroxylation is 2. The Kier molecular flexibility index (Phi) is 22.8. The molecule has 10 aliphatic rings. The van der Waals surface area contributed by atoms with Gasteiger partial charge in [-0.05, 0) is 150 Å². The highest BCUT2D eigenvalue weighted by Gasteiger charge is 2.54. The van der Waals surface area contributed by atoms with Crippen molar-refractivity contribution in [2.24, 2.45) is 37.8 Å². The van der Waals surface area contributed by atoms with Crippen molar-refractivity contribution in [2.75, 3.05) is 86.1 Å². The summed E-state index contributed by atoms with van der Waals surface area (Å²) in [6.07, 6.45) is 12.1. The van der Waals surface area contributed by atoms with Crippen LogP contribution in [0.25, 0.3) is 33.4 Å². The standard InChI is InChI=1S/C90H100F4N22O12/c1-49-41-107(31-27-69(49)125-35-7-11-52-9-5-13-64-77(52)105(3)89(123)115(64)66-23-25-73(117)101-87(66)121)43-51-15-19-55(20-16-51)113-46-62(75(103-113)81(91)92)97-86(120)61-40-96-112-34-30-72(100-84(61)112)110-45-59-38-68(110)80(128-59)79(108-32-28-70(50(2)42-108)126-36-8-12-53-10-6-14-65-78(53)106(4)90(124)116(65)67-24-26-74(118)102-88(67)122)54-17-21-56(22-18-54)114-47-63(76(104-114)82(93)94)98-85(119)60-39-95-111-33-29-71(99-83(60)111)109-44-58-37-57(109)48-127-58/h5-6,9-10,13-14,29-30,33-34,39-40,46-47,49-51,54-59,66-70,79-82H,15-28,31-32,35-38,41-45,48H2,1-4H3,(H,97,120)(H,98,119)(H,101,117,121)(H,102,118,122)/t49-,50-,51?,54?,55?,56?,57+,58+,59+,66?,67?,68+,69-,70+,79?,80?/m0/s1. The van der Waals surface area contributed by atoms with Gasteiger partial charge < -0.3 is 44.3 Å². The van der Waals surface area contributed by atoms with Crippen LogP contribution in [0.2, 0.25) is 0 Å². The first kappa shape index (κ1) is 84.2. The predicted octanol–water partition coefficient (Wildman–Crippen LogP) is 8.22. The summed E-state index contributed by atoms with van der Waals surface area (Å²) >= 11 is 0. The van der Waals surface area contributed by atoms with E-state index in [0.29, 0.717) is 135 Å². The summed E-state index contributed by atoms with van der Waals surface area (Å²) in [4.78, 5) is 125. The van der Waals surface area contributed by atoms with E-state index in [9.17, 15) is 38.4 Å². The second kappa shape index (κ2) is 34.6. The number of nitrogens with zero attached hydrogens (tertiary/aromatic N) is 18. The van der Waals surface area contributed by atoms with Gasteiger partial charge in [-0.3, -0.25) is 71.9 Å². The van der Waals surface area contributed by atoms with Crippen LogP contribution < -0.4 is 42.4 Å². The van der Waals surface area contributed by atoms with Crippen LogP contribution in [0.15, 0.2) is 95.3 Å². The third kappa shape index (κ3) is 15.9. The molecule has 2 aliphatic carbocycles. The van der Waals surface area contributed by atoms with E-state index in [4.69, 9.17) is 28.9 Å². The van der Waals surface area contributed by atoms with Crippen molar-refractivity contribution in [2.45, 2.75) is 202 Å². The van der Waals surface area contributed by atoms with Gasteiger partial charge in [-0.1, -0.05) is 49.7 Å². The number of carbonyl (C=O) groups is 6. The van der Waals surface area contributed by atoms with Crippen LogP contribution in [0, 0.1) is 47.4 Å². The van der Waals surface area contributed by atoms with Gasteiger partial charge in [0.2, 0.25) is 23.6 Å². The second-order valence-corrected chi connectivity index (χ2v) is 36.3. The number of alkyl halides is 4. The molecule has 12 atom stereocenters. The number of fused-ring (bicyclic) bond motifs is 8. The molecular weight excluding hydrogens is 1660 g/mol. The lowest BCUT2D eigenvalue weighted by molar-refractivity contribution is -0.137. The van der Waals surface area contributed by atoms with E-state index in [1.807, 2.05) is 24.3 Å². The summed E-state index contributed by atoms with van der Waals surface area (Å²) in [5.41, 5.74) is 2.15. The summed E-state index contributed by atoms with van der Waals surface area (Å²) in [7, 11) is 3.28. The van der Waals surface area contributed by atoms with Crippen molar-refractivity contribution in [3.8, 4) is 23.7 Å². The smallest absolute Gasteiger partial charge is 0.329 e. The number of nitrogens with one attached hydrogen (secondary N) is 4. The molecule has 4 N–H and O–H groups in total. The minimum absolute atomic E-state index is 0.0111. The molecule has 8 aliphatic heterocycles. The Morgan fingerprint density at radius 3 is 1.59 bits per heavy atom. The van der Waals surface area contributed by atoms with Crippen molar-refractivity contribution in [1.29, 1.82) is 0 Å². The largest absolute Gasteiger partial charge is 0.374 e. The molecule has 2 saturated carbocycles. The van der Waals surface area contributed by atoms with Crippen molar-refractivity contribution in [1.82, 2.24) is 87.5 Å². The van der Waals surface area contributed by atoms with Crippen molar-refractivity contribution < 1.29 is 65.3 Å².